The number of carbonyl (C=O) groups excluding carboxylic acids is 1. The van der Waals surface area contributed by atoms with Crippen molar-refractivity contribution in [2.75, 3.05) is 23.8 Å². The van der Waals surface area contributed by atoms with Gasteiger partial charge in [0.1, 0.15) is 11.9 Å². The maximum absolute atomic E-state index is 11.7. The van der Waals surface area contributed by atoms with Gasteiger partial charge in [-0.25, -0.2) is 14.8 Å². The fourth-order valence-corrected chi connectivity index (χ4v) is 1.83. The topological polar surface area (TPSA) is 80.5 Å². The Morgan fingerprint density at radius 3 is 3.00 bits per heavy atom. The van der Waals surface area contributed by atoms with Crippen LogP contribution in [0.25, 0.3) is 5.65 Å². The van der Waals surface area contributed by atoms with E-state index in [1.807, 2.05) is 23.7 Å². The van der Waals surface area contributed by atoms with Gasteiger partial charge < -0.3 is 19.8 Å². The van der Waals surface area contributed by atoms with Crippen molar-refractivity contribution in [1.82, 2.24) is 14.4 Å². The SMILES string of the molecule is CCNc1cn2ccnc2c(NC(C)C(=O)OCC)n1. The minimum atomic E-state index is -0.486. The number of nitrogens with zero attached hydrogens (tertiary/aromatic N) is 3. The third-order valence-electron chi connectivity index (χ3n) is 2.73. The number of hydrogen-bond donors (Lipinski definition) is 2. The van der Waals surface area contributed by atoms with Crippen molar-refractivity contribution in [3.8, 4) is 0 Å². The Kier molecular flexibility index (Phi) is 4.39. The van der Waals surface area contributed by atoms with Crippen LogP contribution in [0.4, 0.5) is 11.6 Å². The smallest absolute Gasteiger partial charge is 0.328 e. The van der Waals surface area contributed by atoms with Crippen molar-refractivity contribution in [2.45, 2.75) is 26.8 Å². The van der Waals surface area contributed by atoms with Crippen LogP contribution in [-0.4, -0.2) is 39.5 Å². The molecule has 20 heavy (non-hydrogen) atoms. The predicted octanol–water partition coefficient (Wildman–Crippen LogP) is 1.52. The molecule has 0 aromatic carbocycles. The molecular weight excluding hydrogens is 258 g/mol. The highest BCUT2D eigenvalue weighted by molar-refractivity contribution is 5.80. The summed E-state index contributed by atoms with van der Waals surface area (Å²) in [5, 5.41) is 6.19. The Bertz CT molecular complexity index is 595. The standard InChI is InChI=1S/C13H19N5O2/c1-4-14-10-8-18-7-6-15-12(18)11(17-10)16-9(3)13(19)20-5-2/h6-9,14H,4-5H2,1-3H3,(H,16,17). The molecule has 2 rings (SSSR count). The number of hydrogen-bond acceptors (Lipinski definition) is 6. The number of ether oxygens (including phenoxy) is 1. The summed E-state index contributed by atoms with van der Waals surface area (Å²) in [7, 11) is 0. The minimum absolute atomic E-state index is 0.312. The Hall–Kier alpha value is -2.31. The number of carbonyl (C=O) groups is 1. The van der Waals surface area contributed by atoms with Gasteiger partial charge in [-0.15, -0.1) is 0 Å². The number of rotatable bonds is 6. The summed E-state index contributed by atoms with van der Waals surface area (Å²) in [6.07, 6.45) is 5.37. The first-order chi connectivity index (χ1) is 9.65. The molecule has 1 unspecified atom stereocenters. The molecule has 0 aliphatic heterocycles. The van der Waals surface area contributed by atoms with Gasteiger partial charge in [0.25, 0.3) is 0 Å². The van der Waals surface area contributed by atoms with Crippen LogP contribution in [0, 0.1) is 0 Å². The van der Waals surface area contributed by atoms with Crippen LogP contribution in [0.1, 0.15) is 20.8 Å². The van der Waals surface area contributed by atoms with Crippen molar-refractivity contribution in [1.29, 1.82) is 0 Å². The fourth-order valence-electron chi connectivity index (χ4n) is 1.83. The second kappa shape index (κ2) is 6.23. The average Bonchev–Trinajstić information content (AvgIpc) is 2.87. The molecule has 1 atom stereocenters. The monoisotopic (exact) mass is 277 g/mol. The lowest BCUT2D eigenvalue weighted by Gasteiger charge is -2.15. The van der Waals surface area contributed by atoms with Crippen LogP contribution in [0.15, 0.2) is 18.6 Å². The first-order valence-corrected chi connectivity index (χ1v) is 6.66. The van der Waals surface area contributed by atoms with Crippen molar-refractivity contribution in [2.24, 2.45) is 0 Å². The van der Waals surface area contributed by atoms with Crippen LogP contribution in [-0.2, 0) is 9.53 Å². The van der Waals surface area contributed by atoms with E-state index in [1.165, 1.54) is 0 Å². The zero-order chi connectivity index (χ0) is 14.5. The van der Waals surface area contributed by atoms with Gasteiger partial charge in [-0.05, 0) is 20.8 Å². The molecule has 0 fully saturated rings. The van der Waals surface area contributed by atoms with E-state index in [9.17, 15) is 4.79 Å². The molecule has 7 heteroatoms. The van der Waals surface area contributed by atoms with Crippen LogP contribution >= 0.6 is 0 Å². The third-order valence-corrected chi connectivity index (χ3v) is 2.73. The summed E-state index contributed by atoms with van der Waals surface area (Å²) in [5.41, 5.74) is 0.669. The van der Waals surface area contributed by atoms with Gasteiger partial charge in [0.2, 0.25) is 0 Å². The van der Waals surface area contributed by atoms with Gasteiger partial charge in [0, 0.05) is 18.9 Å². The third kappa shape index (κ3) is 2.98. The quantitative estimate of drug-likeness (QED) is 0.779. The molecule has 0 aliphatic carbocycles. The van der Waals surface area contributed by atoms with Gasteiger partial charge >= 0.3 is 5.97 Å². The number of aromatic nitrogens is 3. The molecule has 0 spiro atoms. The van der Waals surface area contributed by atoms with E-state index in [4.69, 9.17) is 4.74 Å². The minimum Gasteiger partial charge on any atom is -0.464 e. The summed E-state index contributed by atoms with van der Waals surface area (Å²) in [6.45, 7) is 6.63. The molecule has 0 radical (unpaired) electrons. The lowest BCUT2D eigenvalue weighted by atomic mass is 10.3. The zero-order valence-corrected chi connectivity index (χ0v) is 11.9. The van der Waals surface area contributed by atoms with Crippen molar-refractivity contribution >= 4 is 23.3 Å². The molecule has 2 aromatic rings. The highest BCUT2D eigenvalue weighted by Crippen LogP contribution is 2.17. The average molecular weight is 277 g/mol. The van der Waals surface area contributed by atoms with Crippen LogP contribution in [0.3, 0.4) is 0 Å². The second-order valence-corrected chi connectivity index (χ2v) is 4.28. The van der Waals surface area contributed by atoms with Crippen LogP contribution < -0.4 is 10.6 Å². The Morgan fingerprint density at radius 1 is 1.50 bits per heavy atom. The van der Waals surface area contributed by atoms with E-state index >= 15 is 0 Å². The molecular formula is C13H19N5O2. The Labute approximate surface area is 117 Å². The lowest BCUT2D eigenvalue weighted by molar-refractivity contribution is -0.143. The first-order valence-electron chi connectivity index (χ1n) is 6.66. The van der Waals surface area contributed by atoms with Crippen LogP contribution in [0.2, 0.25) is 0 Å². The normalized spacial score (nSPS) is 12.2. The second-order valence-electron chi connectivity index (χ2n) is 4.28. The molecule has 0 saturated heterocycles. The van der Waals surface area contributed by atoms with Gasteiger partial charge in [0.15, 0.2) is 11.5 Å². The molecule has 2 aromatic heterocycles. The predicted molar refractivity (Wildman–Crippen MR) is 76.9 cm³/mol. The largest absolute Gasteiger partial charge is 0.464 e. The lowest BCUT2D eigenvalue weighted by Crippen LogP contribution is -2.29. The fraction of sp³-hybridized carbons (Fsp3) is 0.462. The van der Waals surface area contributed by atoms with Gasteiger partial charge in [-0.1, -0.05) is 0 Å². The van der Waals surface area contributed by atoms with Gasteiger partial charge in [-0.2, -0.15) is 0 Å². The molecule has 0 bridgehead atoms. The summed E-state index contributed by atoms with van der Waals surface area (Å²) < 4.78 is 6.83. The summed E-state index contributed by atoms with van der Waals surface area (Å²) in [5.74, 6) is 0.957. The Balaban J connectivity index is 2.27. The van der Waals surface area contributed by atoms with Crippen molar-refractivity contribution in [3.63, 3.8) is 0 Å². The molecule has 2 heterocycles. The van der Waals surface area contributed by atoms with Gasteiger partial charge in [0.05, 0.1) is 12.8 Å². The molecule has 2 N–H and O–H groups in total. The van der Waals surface area contributed by atoms with Gasteiger partial charge in [-0.3, -0.25) is 0 Å². The molecule has 0 aliphatic rings. The molecule has 7 nitrogen and oxygen atoms in total. The van der Waals surface area contributed by atoms with Crippen LogP contribution in [0.5, 0.6) is 0 Å². The Morgan fingerprint density at radius 2 is 2.30 bits per heavy atom. The summed E-state index contributed by atoms with van der Waals surface area (Å²) in [4.78, 5) is 20.3. The number of nitrogens with one attached hydrogen (secondary N) is 2. The first kappa shape index (κ1) is 14.1. The molecule has 0 amide bonds. The highest BCUT2D eigenvalue weighted by atomic mass is 16.5. The van der Waals surface area contributed by atoms with Crippen molar-refractivity contribution in [3.05, 3.63) is 18.6 Å². The number of imidazole rings is 1. The van der Waals surface area contributed by atoms with E-state index in [0.717, 1.165) is 12.4 Å². The van der Waals surface area contributed by atoms with Crippen molar-refractivity contribution < 1.29 is 9.53 Å². The van der Waals surface area contributed by atoms with E-state index < -0.39 is 6.04 Å². The maximum atomic E-state index is 11.7. The highest BCUT2D eigenvalue weighted by Gasteiger charge is 2.17. The number of esters is 1. The number of anilines is 2. The van der Waals surface area contributed by atoms with E-state index in [2.05, 4.69) is 20.6 Å². The van der Waals surface area contributed by atoms with E-state index in [-0.39, 0.29) is 5.97 Å². The molecule has 108 valence electrons. The summed E-state index contributed by atoms with van der Waals surface area (Å²) in [6, 6.07) is -0.486. The van der Waals surface area contributed by atoms with E-state index in [0.29, 0.717) is 18.1 Å². The zero-order valence-electron chi connectivity index (χ0n) is 11.9. The number of fused-ring (bicyclic) bond motifs is 1. The van der Waals surface area contributed by atoms with E-state index in [1.54, 1.807) is 20.0 Å². The molecule has 0 saturated carbocycles. The maximum Gasteiger partial charge on any atom is 0.328 e. The summed E-state index contributed by atoms with van der Waals surface area (Å²) >= 11 is 0.